The molecule has 0 aliphatic carbocycles. The van der Waals surface area contributed by atoms with E-state index < -0.39 is 17.5 Å². The molecule has 6 heteroatoms. The summed E-state index contributed by atoms with van der Waals surface area (Å²) in [7, 11) is 0. The van der Waals surface area contributed by atoms with E-state index in [-0.39, 0.29) is 11.5 Å². The number of carbonyl (C=O) groups is 1. The van der Waals surface area contributed by atoms with Crippen LogP contribution in [-0.4, -0.2) is 36.5 Å². The molecule has 0 amide bonds. The molecular weight excluding hydrogens is 305 g/mol. The van der Waals surface area contributed by atoms with Gasteiger partial charge in [-0.2, -0.15) is 18.4 Å². The largest absolute Gasteiger partial charge is 0.454 e. The maximum Gasteiger partial charge on any atom is 0.454 e. The van der Waals surface area contributed by atoms with Crippen LogP contribution in [0.5, 0.6) is 0 Å². The molecule has 1 aromatic rings. The zero-order chi connectivity index (χ0) is 17.0. The van der Waals surface area contributed by atoms with Crippen LogP contribution in [0, 0.1) is 11.3 Å². The number of alkyl halides is 3. The number of halogens is 3. The zero-order valence-electron chi connectivity index (χ0n) is 12.6. The first-order valence-electron chi connectivity index (χ1n) is 7.36. The molecule has 1 saturated heterocycles. The Morgan fingerprint density at radius 2 is 2.04 bits per heavy atom. The average molecular weight is 322 g/mol. The van der Waals surface area contributed by atoms with Crippen LogP contribution in [0.2, 0.25) is 0 Å². The molecule has 0 bridgehead atoms. The molecule has 0 unspecified atom stereocenters. The lowest BCUT2D eigenvalue weighted by atomic mass is 9.84. The third kappa shape index (κ3) is 3.80. The molecule has 1 aromatic carbocycles. The highest BCUT2D eigenvalue weighted by Gasteiger charge is 2.41. The quantitative estimate of drug-likeness (QED) is 0.627. The summed E-state index contributed by atoms with van der Waals surface area (Å²) >= 11 is 0. The van der Waals surface area contributed by atoms with Gasteiger partial charge in [-0.25, -0.2) is 0 Å². The Balaban J connectivity index is 2.29. The summed E-state index contributed by atoms with van der Waals surface area (Å²) in [5, 5.41) is 9.29. The molecule has 0 radical (unpaired) electrons. The minimum absolute atomic E-state index is 0.00769. The van der Waals surface area contributed by atoms with Crippen LogP contribution in [0.4, 0.5) is 13.2 Å². The van der Waals surface area contributed by atoms with E-state index in [9.17, 15) is 23.2 Å². The highest BCUT2D eigenvalue weighted by Crippen LogP contribution is 2.33. The topological polar surface area (TPSA) is 44.1 Å². The molecule has 1 aliphatic heterocycles. The Hall–Kier alpha value is -2.13. The predicted octanol–water partition coefficient (Wildman–Crippen LogP) is 3.67. The van der Waals surface area contributed by atoms with Gasteiger partial charge < -0.3 is 0 Å². The summed E-state index contributed by atoms with van der Waals surface area (Å²) in [6.07, 6.45) is -1.68. The van der Waals surface area contributed by atoms with Crippen LogP contribution >= 0.6 is 0 Å². The van der Waals surface area contributed by atoms with E-state index in [1.165, 1.54) is 6.07 Å². The number of likely N-dealkylation sites (tertiary alicyclic amines) is 1. The van der Waals surface area contributed by atoms with Crippen LogP contribution < -0.4 is 0 Å². The van der Waals surface area contributed by atoms with Crippen molar-refractivity contribution in [2.75, 3.05) is 19.6 Å². The molecule has 0 spiro atoms. The number of nitrogens with zero attached hydrogens (tertiary/aromatic N) is 2. The first-order chi connectivity index (χ1) is 10.9. The molecule has 0 aromatic heterocycles. The molecule has 0 saturated carbocycles. The number of benzene rings is 1. The third-order valence-electron chi connectivity index (χ3n) is 4.13. The van der Waals surface area contributed by atoms with Gasteiger partial charge in [0.15, 0.2) is 0 Å². The average Bonchev–Trinajstić information content (AvgIpc) is 2.53. The number of ketones is 1. The lowest BCUT2D eigenvalue weighted by molar-refractivity contribution is -0.0885. The maximum absolute atomic E-state index is 12.7. The van der Waals surface area contributed by atoms with Crippen molar-refractivity contribution in [1.29, 1.82) is 5.26 Å². The molecule has 23 heavy (non-hydrogen) atoms. The van der Waals surface area contributed by atoms with Crippen molar-refractivity contribution in [2.24, 2.45) is 0 Å². The van der Waals surface area contributed by atoms with Gasteiger partial charge in [-0.05, 0) is 43.5 Å². The van der Waals surface area contributed by atoms with Crippen LogP contribution in [0.15, 0.2) is 30.9 Å². The van der Waals surface area contributed by atoms with Gasteiger partial charge in [0.05, 0.1) is 5.56 Å². The first-order valence-corrected chi connectivity index (χ1v) is 7.36. The SMILES string of the molecule is C=CCN1CCC(c2cccc(C(=O)C(F)(F)F)c2C#N)CC1. The van der Waals surface area contributed by atoms with Gasteiger partial charge in [0.2, 0.25) is 0 Å². The monoisotopic (exact) mass is 322 g/mol. The number of carbonyl (C=O) groups excluding carboxylic acids is 1. The maximum atomic E-state index is 12.7. The number of hydrogen-bond acceptors (Lipinski definition) is 3. The van der Waals surface area contributed by atoms with Gasteiger partial charge >= 0.3 is 6.18 Å². The Bertz CT molecular complexity index is 638. The van der Waals surface area contributed by atoms with Crippen molar-refractivity contribution in [1.82, 2.24) is 4.90 Å². The number of hydrogen-bond donors (Lipinski definition) is 0. The second kappa shape index (κ2) is 6.97. The third-order valence-corrected chi connectivity index (χ3v) is 4.13. The van der Waals surface area contributed by atoms with Gasteiger partial charge in [-0.3, -0.25) is 9.69 Å². The smallest absolute Gasteiger partial charge is 0.300 e. The second-order valence-corrected chi connectivity index (χ2v) is 5.57. The number of rotatable bonds is 4. The molecule has 122 valence electrons. The van der Waals surface area contributed by atoms with Gasteiger partial charge in [-0.1, -0.05) is 18.2 Å². The molecule has 1 aliphatic rings. The Morgan fingerprint density at radius 3 is 2.57 bits per heavy atom. The molecule has 0 N–H and O–H groups in total. The zero-order valence-corrected chi connectivity index (χ0v) is 12.6. The van der Waals surface area contributed by atoms with Crippen molar-refractivity contribution in [3.05, 3.63) is 47.5 Å². The van der Waals surface area contributed by atoms with Gasteiger partial charge in [0.1, 0.15) is 6.07 Å². The highest BCUT2D eigenvalue weighted by molar-refractivity contribution is 6.02. The minimum atomic E-state index is -4.97. The first kappa shape index (κ1) is 17.2. The molecular formula is C17H17F3N2O. The fourth-order valence-electron chi connectivity index (χ4n) is 2.99. The predicted molar refractivity (Wildman–Crippen MR) is 80.2 cm³/mol. The van der Waals surface area contributed by atoms with E-state index >= 15 is 0 Å². The normalized spacial score (nSPS) is 16.8. The summed E-state index contributed by atoms with van der Waals surface area (Å²) in [5.41, 5.74) is -0.149. The summed E-state index contributed by atoms with van der Waals surface area (Å²) < 4.78 is 38.1. The highest BCUT2D eigenvalue weighted by atomic mass is 19.4. The number of piperidine rings is 1. The van der Waals surface area contributed by atoms with E-state index in [1.54, 1.807) is 12.1 Å². The number of Topliss-reactive ketones (excluding diaryl/α,β-unsaturated/α-hetero) is 1. The van der Waals surface area contributed by atoms with Crippen molar-refractivity contribution >= 4 is 5.78 Å². The molecule has 1 fully saturated rings. The van der Waals surface area contributed by atoms with E-state index in [0.29, 0.717) is 5.56 Å². The van der Waals surface area contributed by atoms with E-state index in [1.807, 2.05) is 6.08 Å². The molecule has 2 rings (SSSR count). The number of nitriles is 1. The van der Waals surface area contributed by atoms with Crippen molar-refractivity contribution in [3.8, 4) is 6.07 Å². The Labute approximate surface area is 133 Å². The Kier molecular flexibility index (Phi) is 5.22. The summed E-state index contributed by atoms with van der Waals surface area (Å²) in [6, 6.07) is 5.95. The minimum Gasteiger partial charge on any atom is -0.300 e. The van der Waals surface area contributed by atoms with Crippen LogP contribution in [0.1, 0.15) is 40.2 Å². The standard InChI is InChI=1S/C17H17F3N2O/c1-2-8-22-9-6-12(7-10-22)13-4-3-5-14(15(13)11-21)16(23)17(18,19)20/h2-5,12H,1,6-10H2. The van der Waals surface area contributed by atoms with E-state index in [2.05, 4.69) is 11.5 Å². The Morgan fingerprint density at radius 1 is 1.39 bits per heavy atom. The van der Waals surface area contributed by atoms with Crippen LogP contribution in [0.25, 0.3) is 0 Å². The lowest BCUT2D eigenvalue weighted by Crippen LogP contribution is -2.33. The van der Waals surface area contributed by atoms with Gasteiger partial charge in [0, 0.05) is 12.1 Å². The fourth-order valence-corrected chi connectivity index (χ4v) is 2.99. The lowest BCUT2D eigenvalue weighted by Gasteiger charge is -2.32. The molecule has 0 atom stereocenters. The van der Waals surface area contributed by atoms with Crippen LogP contribution in [-0.2, 0) is 0 Å². The van der Waals surface area contributed by atoms with E-state index in [0.717, 1.165) is 38.5 Å². The molecule has 1 heterocycles. The van der Waals surface area contributed by atoms with Crippen molar-refractivity contribution in [3.63, 3.8) is 0 Å². The van der Waals surface area contributed by atoms with Crippen LogP contribution in [0.3, 0.4) is 0 Å². The fraction of sp³-hybridized carbons (Fsp3) is 0.412. The van der Waals surface area contributed by atoms with Gasteiger partial charge in [0.25, 0.3) is 5.78 Å². The second-order valence-electron chi connectivity index (χ2n) is 5.57. The van der Waals surface area contributed by atoms with Crippen molar-refractivity contribution in [2.45, 2.75) is 24.9 Å². The molecule has 3 nitrogen and oxygen atoms in total. The van der Waals surface area contributed by atoms with Crippen molar-refractivity contribution < 1.29 is 18.0 Å². The summed E-state index contributed by atoms with van der Waals surface area (Å²) in [5.74, 6) is -1.97. The summed E-state index contributed by atoms with van der Waals surface area (Å²) in [4.78, 5) is 13.7. The summed E-state index contributed by atoms with van der Waals surface area (Å²) in [6.45, 7) is 6.03. The van der Waals surface area contributed by atoms with Gasteiger partial charge in [-0.15, -0.1) is 6.58 Å². The van der Waals surface area contributed by atoms with E-state index in [4.69, 9.17) is 0 Å².